The zero-order valence-corrected chi connectivity index (χ0v) is 10.3. The summed E-state index contributed by atoms with van der Waals surface area (Å²) in [6.07, 6.45) is -2.13. The summed E-state index contributed by atoms with van der Waals surface area (Å²) in [4.78, 5) is 2.53. The van der Waals surface area contributed by atoms with E-state index in [2.05, 4.69) is 26.0 Å². The minimum absolute atomic E-state index is 0.146. The van der Waals surface area contributed by atoms with Crippen LogP contribution in [0.4, 0.5) is 0 Å². The van der Waals surface area contributed by atoms with Crippen LogP contribution in [0.5, 0.6) is 0 Å². The summed E-state index contributed by atoms with van der Waals surface area (Å²) in [7, 11) is 0. The molecule has 2 N–H and O–H groups in total. The second kappa shape index (κ2) is 5.86. The van der Waals surface area contributed by atoms with Crippen LogP contribution in [0, 0.1) is 6.92 Å². The predicted molar refractivity (Wildman–Crippen MR) is 63.9 cm³/mol. The summed E-state index contributed by atoms with van der Waals surface area (Å²) in [6, 6.07) is 5.36. The smallest absolute Gasteiger partial charge is 0.105 e. The topological polar surface area (TPSA) is 89.2 Å². The Morgan fingerprint density at radius 3 is 2.75 bits per heavy atom. The molecule has 6 heteroatoms. The summed E-state index contributed by atoms with van der Waals surface area (Å²) in [5, 5.41) is 22.6. The lowest BCUT2D eigenvalue weighted by molar-refractivity contribution is 0.0240. The molecule has 0 aliphatic rings. The van der Waals surface area contributed by atoms with Crippen LogP contribution in [0.3, 0.4) is 0 Å². The predicted octanol–water partition coefficient (Wildman–Crippen LogP) is 2.46. The number of benzene rings is 1. The lowest BCUT2D eigenvalue weighted by atomic mass is 10.00. The van der Waals surface area contributed by atoms with Gasteiger partial charge in [-0.2, -0.15) is 0 Å². The lowest BCUT2D eigenvalue weighted by Gasteiger charge is -2.18. The van der Waals surface area contributed by atoms with Crippen molar-refractivity contribution in [1.82, 2.24) is 0 Å². The summed E-state index contributed by atoms with van der Waals surface area (Å²) in [6.45, 7) is 1.69. The van der Waals surface area contributed by atoms with E-state index in [1.165, 1.54) is 0 Å². The Hall–Kier alpha value is -1.07. The van der Waals surface area contributed by atoms with Crippen LogP contribution < -0.4 is 0 Å². The second-order valence-corrected chi connectivity index (χ2v) is 4.34. The van der Waals surface area contributed by atoms with Gasteiger partial charge in [0, 0.05) is 9.38 Å². The van der Waals surface area contributed by atoms with Gasteiger partial charge in [0.05, 0.1) is 12.6 Å². The van der Waals surface area contributed by atoms with Gasteiger partial charge in [0.25, 0.3) is 0 Å². The summed E-state index contributed by atoms with van der Waals surface area (Å²) < 4.78 is 0.908. The lowest BCUT2D eigenvalue weighted by Crippen LogP contribution is -2.21. The molecule has 0 spiro atoms. The van der Waals surface area contributed by atoms with Gasteiger partial charge in [-0.3, -0.25) is 0 Å². The van der Waals surface area contributed by atoms with E-state index in [0.717, 1.165) is 10.0 Å². The first kappa shape index (κ1) is 13.0. The fourth-order valence-corrected chi connectivity index (χ4v) is 1.87. The minimum Gasteiger partial charge on any atom is -0.390 e. The van der Waals surface area contributed by atoms with E-state index in [1.54, 1.807) is 12.1 Å². The number of aliphatic hydroxyl groups excluding tert-OH is 2. The third-order valence-corrected chi connectivity index (χ3v) is 2.74. The van der Waals surface area contributed by atoms with Crippen molar-refractivity contribution in [3.05, 3.63) is 44.2 Å². The Labute approximate surface area is 101 Å². The monoisotopic (exact) mass is 285 g/mol. The fourth-order valence-electron chi connectivity index (χ4n) is 1.40. The van der Waals surface area contributed by atoms with E-state index < -0.39 is 12.2 Å². The molecule has 0 radical (unpaired) electrons. The Bertz CT molecular complexity index is 419. The molecule has 0 fully saturated rings. The quantitative estimate of drug-likeness (QED) is 0.505. The van der Waals surface area contributed by atoms with Gasteiger partial charge in [-0.15, -0.1) is 0 Å². The number of nitrogens with zero attached hydrogens (tertiary/aromatic N) is 3. The standard InChI is InChI=1S/C10H12BrN3O2/c1-6-4-7(11)2-3-8(6)10(16)9(15)5-13-14-12/h2-4,9-10,15-16H,5H2,1H3. The largest absolute Gasteiger partial charge is 0.390 e. The van der Waals surface area contributed by atoms with Crippen molar-refractivity contribution in [2.45, 2.75) is 19.1 Å². The Kier molecular flexibility index (Phi) is 4.76. The van der Waals surface area contributed by atoms with Crippen molar-refractivity contribution < 1.29 is 10.2 Å². The maximum Gasteiger partial charge on any atom is 0.105 e. The van der Waals surface area contributed by atoms with Gasteiger partial charge in [0.2, 0.25) is 0 Å². The van der Waals surface area contributed by atoms with E-state index in [4.69, 9.17) is 5.53 Å². The molecule has 1 aromatic rings. The highest BCUT2D eigenvalue weighted by atomic mass is 79.9. The molecular formula is C10H12BrN3O2. The van der Waals surface area contributed by atoms with Crippen LogP contribution in [0.1, 0.15) is 17.2 Å². The molecule has 2 unspecified atom stereocenters. The number of azide groups is 1. The first-order chi connectivity index (χ1) is 7.56. The van der Waals surface area contributed by atoms with Crippen LogP contribution in [0.25, 0.3) is 10.4 Å². The zero-order valence-electron chi connectivity index (χ0n) is 8.71. The Morgan fingerprint density at radius 1 is 1.50 bits per heavy atom. The highest BCUT2D eigenvalue weighted by molar-refractivity contribution is 9.10. The Balaban J connectivity index is 2.86. The first-order valence-electron chi connectivity index (χ1n) is 4.69. The molecule has 0 bridgehead atoms. The molecule has 0 aliphatic carbocycles. The zero-order chi connectivity index (χ0) is 12.1. The highest BCUT2D eigenvalue weighted by Crippen LogP contribution is 2.24. The van der Waals surface area contributed by atoms with Crippen molar-refractivity contribution in [3.63, 3.8) is 0 Å². The normalized spacial score (nSPS) is 14.0. The van der Waals surface area contributed by atoms with Crippen molar-refractivity contribution in [2.75, 3.05) is 6.54 Å². The van der Waals surface area contributed by atoms with Gasteiger partial charge in [0.1, 0.15) is 6.10 Å². The van der Waals surface area contributed by atoms with Crippen LogP contribution in [-0.4, -0.2) is 22.9 Å². The van der Waals surface area contributed by atoms with E-state index in [0.29, 0.717) is 5.56 Å². The number of rotatable bonds is 4. The molecule has 0 saturated heterocycles. The first-order valence-corrected chi connectivity index (χ1v) is 5.48. The molecule has 0 amide bonds. The molecule has 0 saturated carbocycles. The van der Waals surface area contributed by atoms with E-state index in [1.807, 2.05) is 13.0 Å². The number of hydrogen-bond acceptors (Lipinski definition) is 3. The number of aliphatic hydroxyl groups is 2. The third-order valence-electron chi connectivity index (χ3n) is 2.25. The summed E-state index contributed by atoms with van der Waals surface area (Å²) in [5.74, 6) is 0. The van der Waals surface area contributed by atoms with Gasteiger partial charge < -0.3 is 10.2 Å². The van der Waals surface area contributed by atoms with E-state index >= 15 is 0 Å². The van der Waals surface area contributed by atoms with Gasteiger partial charge in [0.15, 0.2) is 0 Å². The van der Waals surface area contributed by atoms with E-state index in [-0.39, 0.29) is 6.54 Å². The minimum atomic E-state index is -1.09. The van der Waals surface area contributed by atoms with Gasteiger partial charge >= 0.3 is 0 Å². The summed E-state index contributed by atoms with van der Waals surface area (Å²) >= 11 is 3.31. The van der Waals surface area contributed by atoms with Crippen molar-refractivity contribution in [3.8, 4) is 0 Å². The molecule has 1 rings (SSSR count). The van der Waals surface area contributed by atoms with Gasteiger partial charge in [-0.25, -0.2) is 0 Å². The van der Waals surface area contributed by atoms with Gasteiger partial charge in [-0.05, 0) is 35.7 Å². The molecule has 5 nitrogen and oxygen atoms in total. The van der Waals surface area contributed by atoms with Crippen LogP contribution in [0.15, 0.2) is 27.8 Å². The summed E-state index contributed by atoms with van der Waals surface area (Å²) in [5.41, 5.74) is 9.61. The SMILES string of the molecule is Cc1cc(Br)ccc1C(O)C(O)CN=[N+]=[N-]. The van der Waals surface area contributed by atoms with Crippen molar-refractivity contribution >= 4 is 15.9 Å². The van der Waals surface area contributed by atoms with Crippen LogP contribution in [-0.2, 0) is 0 Å². The van der Waals surface area contributed by atoms with Crippen molar-refractivity contribution in [2.24, 2.45) is 5.11 Å². The number of aryl methyl sites for hydroxylation is 1. The van der Waals surface area contributed by atoms with E-state index in [9.17, 15) is 10.2 Å². The average Bonchev–Trinajstić information content (AvgIpc) is 2.25. The third kappa shape index (κ3) is 3.21. The second-order valence-electron chi connectivity index (χ2n) is 3.43. The molecule has 0 heterocycles. The van der Waals surface area contributed by atoms with Gasteiger partial charge in [-0.1, -0.05) is 27.1 Å². The Morgan fingerprint density at radius 2 is 2.19 bits per heavy atom. The molecular weight excluding hydrogens is 274 g/mol. The number of hydrogen-bond donors (Lipinski definition) is 2. The number of halogens is 1. The molecule has 1 aromatic carbocycles. The molecule has 2 atom stereocenters. The average molecular weight is 286 g/mol. The molecule has 0 aromatic heterocycles. The fraction of sp³-hybridized carbons (Fsp3) is 0.400. The molecule has 16 heavy (non-hydrogen) atoms. The maximum absolute atomic E-state index is 9.84. The maximum atomic E-state index is 9.84. The molecule has 86 valence electrons. The van der Waals surface area contributed by atoms with Crippen LogP contribution >= 0.6 is 15.9 Å². The highest BCUT2D eigenvalue weighted by Gasteiger charge is 2.19. The van der Waals surface area contributed by atoms with Crippen LogP contribution in [0.2, 0.25) is 0 Å². The van der Waals surface area contributed by atoms with Crippen molar-refractivity contribution in [1.29, 1.82) is 0 Å². The molecule has 0 aliphatic heterocycles.